The molecule has 1 unspecified atom stereocenters. The van der Waals surface area contributed by atoms with Crippen molar-refractivity contribution in [2.24, 2.45) is 5.92 Å². The van der Waals surface area contributed by atoms with Crippen molar-refractivity contribution in [2.75, 3.05) is 0 Å². The van der Waals surface area contributed by atoms with Crippen LogP contribution in [0, 0.1) is 18.3 Å². The van der Waals surface area contributed by atoms with E-state index in [9.17, 15) is 4.79 Å². The predicted octanol–water partition coefficient (Wildman–Crippen LogP) is 4.65. The average molecular weight is 432 g/mol. The molecular weight excluding hydrogens is 410 g/mol. The Morgan fingerprint density at radius 3 is 2.65 bits per heavy atom. The van der Waals surface area contributed by atoms with E-state index in [1.54, 1.807) is 0 Å². The fourth-order valence-corrected chi connectivity index (χ4v) is 4.21. The number of hydrogen-bond donors (Lipinski definition) is 2. The molecule has 7 heteroatoms. The lowest BCUT2D eigenvalue weighted by molar-refractivity contribution is -0.119. The third-order valence-electron chi connectivity index (χ3n) is 5.80. The van der Waals surface area contributed by atoms with Crippen LogP contribution in [-0.2, 0) is 4.79 Å². The van der Waals surface area contributed by atoms with E-state index in [2.05, 4.69) is 27.7 Å². The van der Waals surface area contributed by atoms with Gasteiger partial charge in [-0.15, -0.1) is 10.2 Å². The van der Waals surface area contributed by atoms with Crippen LogP contribution >= 0.6 is 11.6 Å². The van der Waals surface area contributed by atoms with Crippen LogP contribution in [0.15, 0.2) is 54.6 Å². The van der Waals surface area contributed by atoms with E-state index in [1.165, 1.54) is 0 Å². The van der Waals surface area contributed by atoms with Crippen LogP contribution in [0.25, 0.3) is 11.3 Å². The highest BCUT2D eigenvalue weighted by molar-refractivity contribution is 6.30. The lowest BCUT2D eigenvalue weighted by Crippen LogP contribution is -2.32. The Labute approximate surface area is 185 Å². The molecule has 2 aliphatic rings. The molecule has 1 saturated carbocycles. The first kappa shape index (κ1) is 19.7. The highest BCUT2D eigenvalue weighted by Crippen LogP contribution is 2.38. The average Bonchev–Trinajstić information content (AvgIpc) is 3.55. The summed E-state index contributed by atoms with van der Waals surface area (Å²) in [5.41, 5.74) is 4.06. The molecule has 5 rings (SSSR count). The molecule has 3 aromatic rings. The van der Waals surface area contributed by atoms with Gasteiger partial charge in [-0.3, -0.25) is 14.8 Å². The number of nitrogens with one attached hydrogen (secondary N) is 2. The molecule has 1 aromatic heterocycles. The second-order valence-corrected chi connectivity index (χ2v) is 8.53. The second kappa shape index (κ2) is 7.78. The molecule has 0 bridgehead atoms. The topological polar surface area (TPSA) is 83.7 Å². The highest BCUT2D eigenvalue weighted by atomic mass is 35.5. The molecule has 31 heavy (non-hydrogen) atoms. The quantitative estimate of drug-likeness (QED) is 0.465. The van der Waals surface area contributed by atoms with Gasteiger partial charge in [-0.2, -0.15) is 0 Å². The van der Waals surface area contributed by atoms with Crippen molar-refractivity contribution in [3.05, 3.63) is 82.4 Å². The van der Waals surface area contributed by atoms with E-state index >= 15 is 0 Å². The van der Waals surface area contributed by atoms with Crippen LogP contribution in [0.3, 0.4) is 0 Å². The van der Waals surface area contributed by atoms with E-state index < -0.39 is 0 Å². The zero-order valence-corrected chi connectivity index (χ0v) is 17.9. The molecule has 0 saturated heterocycles. The number of carbonyl (C=O) groups is 1. The lowest BCUT2D eigenvalue weighted by atomic mass is 9.92. The van der Waals surface area contributed by atoms with E-state index in [4.69, 9.17) is 17.0 Å². The Bertz CT molecular complexity index is 1210. The zero-order valence-electron chi connectivity index (χ0n) is 17.1. The molecule has 156 valence electrons. The van der Waals surface area contributed by atoms with Crippen LogP contribution in [0.2, 0.25) is 5.02 Å². The number of aryl methyl sites for hydroxylation is 1. The number of halogens is 1. The standard InChI is InChI=1S/C24H22ClN5O/c1-14-28-29-24-17(13-22(31)27-23(26)16-6-7-16)12-20(15-8-10-18(25)11-9-15)19-4-2-3-5-21(19)30(14)24/h2-5,8-12,16-17H,6-7,13H2,1H3,(H2,26,27,31). The Morgan fingerprint density at radius 1 is 1.16 bits per heavy atom. The monoisotopic (exact) mass is 431 g/mol. The molecule has 2 N–H and O–H groups in total. The van der Waals surface area contributed by atoms with Gasteiger partial charge in [0.1, 0.15) is 17.5 Å². The number of carbonyl (C=O) groups excluding carboxylic acids is 1. The number of fused-ring (bicyclic) bond motifs is 3. The molecule has 1 fully saturated rings. The van der Waals surface area contributed by atoms with Gasteiger partial charge in [0.05, 0.1) is 5.69 Å². The summed E-state index contributed by atoms with van der Waals surface area (Å²) < 4.78 is 2.03. The number of hydrogen-bond acceptors (Lipinski definition) is 4. The summed E-state index contributed by atoms with van der Waals surface area (Å²) in [6.07, 6.45) is 4.24. The first-order valence-corrected chi connectivity index (χ1v) is 10.8. The molecule has 6 nitrogen and oxygen atoms in total. The minimum absolute atomic E-state index is 0.174. The van der Waals surface area contributed by atoms with Crippen molar-refractivity contribution < 1.29 is 4.79 Å². The summed E-state index contributed by atoms with van der Waals surface area (Å²) in [4.78, 5) is 12.8. The maximum atomic E-state index is 12.8. The largest absolute Gasteiger partial charge is 0.314 e. The third-order valence-corrected chi connectivity index (χ3v) is 6.06. The number of allylic oxidation sites excluding steroid dienone is 1. The first-order chi connectivity index (χ1) is 15.0. The van der Waals surface area contributed by atoms with Crippen LogP contribution in [0.5, 0.6) is 0 Å². The predicted molar refractivity (Wildman–Crippen MR) is 121 cm³/mol. The molecule has 1 aliphatic heterocycles. The summed E-state index contributed by atoms with van der Waals surface area (Å²) in [6.45, 7) is 1.92. The number of amidine groups is 1. The van der Waals surface area contributed by atoms with Gasteiger partial charge in [0.2, 0.25) is 5.91 Å². The molecule has 1 amide bonds. The van der Waals surface area contributed by atoms with Gasteiger partial charge in [-0.05, 0) is 49.1 Å². The fraction of sp³-hybridized carbons (Fsp3) is 0.250. The lowest BCUT2D eigenvalue weighted by Gasteiger charge is -2.14. The van der Waals surface area contributed by atoms with Crippen LogP contribution in [0.4, 0.5) is 0 Å². The molecular formula is C24H22ClN5O. The van der Waals surface area contributed by atoms with Crippen molar-refractivity contribution in [1.82, 2.24) is 20.1 Å². The summed E-state index contributed by atoms with van der Waals surface area (Å²) in [7, 11) is 0. The van der Waals surface area contributed by atoms with Crippen LogP contribution < -0.4 is 5.32 Å². The summed E-state index contributed by atoms with van der Waals surface area (Å²) >= 11 is 6.12. The smallest absolute Gasteiger partial charge is 0.226 e. The number of para-hydroxylation sites is 1. The number of aromatic nitrogens is 3. The normalized spacial score (nSPS) is 17.2. The van der Waals surface area contributed by atoms with Gasteiger partial charge in [-0.25, -0.2) is 0 Å². The summed E-state index contributed by atoms with van der Waals surface area (Å²) in [6, 6.07) is 15.8. The Hall–Kier alpha value is -3.25. The number of benzene rings is 2. The van der Waals surface area contributed by atoms with Crippen LogP contribution in [0.1, 0.15) is 48.0 Å². The second-order valence-electron chi connectivity index (χ2n) is 8.09. The number of amides is 1. The zero-order chi connectivity index (χ0) is 21.5. The summed E-state index contributed by atoms with van der Waals surface area (Å²) in [5, 5.41) is 20.2. The number of rotatable bonds is 4. The van der Waals surface area contributed by atoms with Crippen molar-refractivity contribution in [3.63, 3.8) is 0 Å². The van der Waals surface area contributed by atoms with E-state index in [1.807, 2.05) is 54.0 Å². The van der Waals surface area contributed by atoms with Gasteiger partial charge >= 0.3 is 0 Å². The Balaban J connectivity index is 1.60. The number of nitrogens with zero attached hydrogens (tertiary/aromatic N) is 3. The molecule has 1 atom stereocenters. The minimum Gasteiger partial charge on any atom is -0.314 e. The van der Waals surface area contributed by atoms with Gasteiger partial charge < -0.3 is 5.32 Å². The first-order valence-electron chi connectivity index (χ1n) is 10.4. The van der Waals surface area contributed by atoms with Gasteiger partial charge in [0.25, 0.3) is 0 Å². The van der Waals surface area contributed by atoms with Gasteiger partial charge in [0, 0.05) is 28.8 Å². The summed E-state index contributed by atoms with van der Waals surface area (Å²) in [5.74, 6) is 1.55. The van der Waals surface area contributed by atoms with Crippen molar-refractivity contribution in [2.45, 2.75) is 32.1 Å². The van der Waals surface area contributed by atoms with Gasteiger partial charge in [-0.1, -0.05) is 48.0 Å². The molecule has 2 heterocycles. The SMILES string of the molecule is Cc1nnc2n1-c1ccccc1C(c1ccc(Cl)cc1)=CC2CC(=O)NC(=N)C1CC1. The molecule has 0 spiro atoms. The van der Waals surface area contributed by atoms with Crippen molar-refractivity contribution in [1.29, 1.82) is 5.41 Å². The maximum absolute atomic E-state index is 12.8. The van der Waals surface area contributed by atoms with Crippen molar-refractivity contribution >= 4 is 28.9 Å². The van der Waals surface area contributed by atoms with E-state index in [-0.39, 0.29) is 24.2 Å². The Kier molecular flexibility index (Phi) is 4.94. The van der Waals surface area contributed by atoms with E-state index in [0.717, 1.165) is 46.9 Å². The van der Waals surface area contributed by atoms with Crippen LogP contribution in [-0.4, -0.2) is 26.5 Å². The molecule has 2 aromatic carbocycles. The minimum atomic E-state index is -0.286. The van der Waals surface area contributed by atoms with Crippen molar-refractivity contribution in [3.8, 4) is 5.69 Å². The molecule has 1 aliphatic carbocycles. The van der Waals surface area contributed by atoms with E-state index in [0.29, 0.717) is 10.9 Å². The maximum Gasteiger partial charge on any atom is 0.226 e. The fourth-order valence-electron chi connectivity index (χ4n) is 4.08. The third kappa shape index (κ3) is 3.79. The Morgan fingerprint density at radius 2 is 1.90 bits per heavy atom. The van der Waals surface area contributed by atoms with Gasteiger partial charge in [0.15, 0.2) is 0 Å². The highest BCUT2D eigenvalue weighted by Gasteiger charge is 2.31. The molecule has 0 radical (unpaired) electrons.